The lowest BCUT2D eigenvalue weighted by Gasteiger charge is -2.47. The van der Waals surface area contributed by atoms with Crippen molar-refractivity contribution in [2.24, 2.45) is 5.41 Å². The molecule has 0 radical (unpaired) electrons. The number of nitrogens with zero attached hydrogens (tertiary/aromatic N) is 1. The molecule has 1 spiro atoms. The minimum atomic E-state index is 0.576. The Hall–Kier alpha value is -0.0800. The van der Waals surface area contributed by atoms with E-state index in [0.29, 0.717) is 5.41 Å². The van der Waals surface area contributed by atoms with E-state index in [-0.39, 0.29) is 0 Å². The third-order valence-electron chi connectivity index (χ3n) is 2.67. The fourth-order valence-electron chi connectivity index (χ4n) is 2.08. The highest BCUT2D eigenvalue weighted by molar-refractivity contribution is 4.90. The molecule has 0 unspecified atom stereocenters. The maximum atomic E-state index is 5.24. The maximum absolute atomic E-state index is 5.24. The standard InChI is InChI=1S/C8H15NO/c1-9-4-2-3-8(5-9)6-10-7-8/h2-7H2,1H3. The van der Waals surface area contributed by atoms with Crippen LogP contribution in [-0.4, -0.2) is 38.3 Å². The Morgan fingerprint density at radius 1 is 1.40 bits per heavy atom. The van der Waals surface area contributed by atoms with Gasteiger partial charge in [-0.2, -0.15) is 0 Å². The van der Waals surface area contributed by atoms with Crippen molar-refractivity contribution in [3.63, 3.8) is 0 Å². The van der Waals surface area contributed by atoms with Crippen molar-refractivity contribution >= 4 is 0 Å². The lowest BCUT2D eigenvalue weighted by molar-refractivity contribution is -0.140. The summed E-state index contributed by atoms with van der Waals surface area (Å²) in [7, 11) is 2.21. The Bertz CT molecular complexity index is 131. The summed E-state index contributed by atoms with van der Waals surface area (Å²) in [4.78, 5) is 2.42. The van der Waals surface area contributed by atoms with E-state index >= 15 is 0 Å². The molecule has 2 aliphatic heterocycles. The van der Waals surface area contributed by atoms with Crippen LogP contribution in [-0.2, 0) is 4.74 Å². The number of ether oxygens (including phenoxy) is 1. The Kier molecular flexibility index (Phi) is 1.46. The van der Waals surface area contributed by atoms with Crippen molar-refractivity contribution in [2.45, 2.75) is 12.8 Å². The summed E-state index contributed by atoms with van der Waals surface area (Å²) in [6.45, 7) is 4.56. The largest absolute Gasteiger partial charge is 0.380 e. The maximum Gasteiger partial charge on any atom is 0.0557 e. The molecule has 0 aromatic carbocycles. The molecule has 0 aromatic rings. The monoisotopic (exact) mass is 141 g/mol. The quantitative estimate of drug-likeness (QED) is 0.493. The van der Waals surface area contributed by atoms with E-state index in [1.54, 1.807) is 0 Å². The van der Waals surface area contributed by atoms with E-state index in [4.69, 9.17) is 4.74 Å². The third kappa shape index (κ3) is 0.956. The Morgan fingerprint density at radius 3 is 2.60 bits per heavy atom. The zero-order chi connectivity index (χ0) is 7.03. The Balaban J connectivity index is 1.96. The summed E-state index contributed by atoms with van der Waals surface area (Å²) in [5.74, 6) is 0. The zero-order valence-electron chi connectivity index (χ0n) is 6.60. The first-order valence-corrected chi connectivity index (χ1v) is 4.07. The molecule has 2 rings (SSSR count). The Morgan fingerprint density at radius 2 is 2.20 bits per heavy atom. The fraction of sp³-hybridized carbons (Fsp3) is 1.00. The molecule has 2 fully saturated rings. The highest BCUT2D eigenvalue weighted by Crippen LogP contribution is 2.36. The van der Waals surface area contributed by atoms with Crippen LogP contribution in [0.2, 0.25) is 0 Å². The first kappa shape index (κ1) is 6.62. The van der Waals surface area contributed by atoms with Gasteiger partial charge in [-0.15, -0.1) is 0 Å². The van der Waals surface area contributed by atoms with Gasteiger partial charge in [0, 0.05) is 12.0 Å². The smallest absolute Gasteiger partial charge is 0.0557 e. The van der Waals surface area contributed by atoms with Crippen LogP contribution in [0.3, 0.4) is 0 Å². The van der Waals surface area contributed by atoms with E-state index in [1.165, 1.54) is 25.9 Å². The van der Waals surface area contributed by atoms with Gasteiger partial charge in [-0.1, -0.05) is 0 Å². The van der Waals surface area contributed by atoms with Gasteiger partial charge >= 0.3 is 0 Å². The summed E-state index contributed by atoms with van der Waals surface area (Å²) in [5, 5.41) is 0. The second kappa shape index (κ2) is 2.21. The van der Waals surface area contributed by atoms with E-state index in [1.807, 2.05) is 0 Å². The Labute approximate surface area is 62.2 Å². The summed E-state index contributed by atoms with van der Waals surface area (Å²) in [6, 6.07) is 0. The van der Waals surface area contributed by atoms with Crippen LogP contribution in [0.25, 0.3) is 0 Å². The number of hydrogen-bond acceptors (Lipinski definition) is 2. The van der Waals surface area contributed by atoms with Gasteiger partial charge in [0.05, 0.1) is 13.2 Å². The van der Waals surface area contributed by atoms with Gasteiger partial charge in [0.25, 0.3) is 0 Å². The second-order valence-electron chi connectivity index (χ2n) is 3.83. The molecule has 0 amide bonds. The molecule has 2 aliphatic rings. The van der Waals surface area contributed by atoms with E-state index in [9.17, 15) is 0 Å². The lowest BCUT2D eigenvalue weighted by Crippen LogP contribution is -2.53. The summed E-state index contributed by atoms with van der Waals surface area (Å²) in [6.07, 6.45) is 2.75. The number of piperidine rings is 1. The lowest BCUT2D eigenvalue weighted by atomic mass is 9.78. The summed E-state index contributed by atoms with van der Waals surface area (Å²) < 4.78 is 5.24. The molecule has 0 atom stereocenters. The minimum Gasteiger partial charge on any atom is -0.380 e. The highest BCUT2D eigenvalue weighted by Gasteiger charge is 2.40. The second-order valence-corrected chi connectivity index (χ2v) is 3.83. The van der Waals surface area contributed by atoms with Crippen LogP contribution in [0.5, 0.6) is 0 Å². The molecule has 2 saturated heterocycles. The van der Waals surface area contributed by atoms with Crippen molar-refractivity contribution < 1.29 is 4.74 Å². The van der Waals surface area contributed by atoms with Crippen molar-refractivity contribution in [2.75, 3.05) is 33.4 Å². The van der Waals surface area contributed by atoms with Crippen LogP contribution in [0.4, 0.5) is 0 Å². The molecule has 2 heterocycles. The van der Waals surface area contributed by atoms with Gasteiger partial charge in [0.1, 0.15) is 0 Å². The average molecular weight is 141 g/mol. The molecular weight excluding hydrogens is 126 g/mol. The predicted octanol–water partition coefficient (Wildman–Crippen LogP) is 0.729. The van der Waals surface area contributed by atoms with Gasteiger partial charge in [-0.3, -0.25) is 0 Å². The summed E-state index contributed by atoms with van der Waals surface area (Å²) >= 11 is 0. The highest BCUT2D eigenvalue weighted by atomic mass is 16.5. The normalized spacial score (nSPS) is 32.1. The number of hydrogen-bond donors (Lipinski definition) is 0. The third-order valence-corrected chi connectivity index (χ3v) is 2.67. The molecule has 0 N–H and O–H groups in total. The number of likely N-dealkylation sites (tertiary alicyclic amines) is 1. The van der Waals surface area contributed by atoms with Crippen LogP contribution in [0.1, 0.15) is 12.8 Å². The minimum absolute atomic E-state index is 0.576. The topological polar surface area (TPSA) is 12.5 Å². The van der Waals surface area contributed by atoms with Crippen LogP contribution < -0.4 is 0 Å². The van der Waals surface area contributed by atoms with E-state index in [0.717, 1.165) is 13.2 Å². The predicted molar refractivity (Wildman–Crippen MR) is 40.0 cm³/mol. The number of rotatable bonds is 0. The molecule has 58 valence electrons. The molecule has 10 heavy (non-hydrogen) atoms. The summed E-state index contributed by atoms with van der Waals surface area (Å²) in [5.41, 5.74) is 0.576. The molecule has 0 saturated carbocycles. The van der Waals surface area contributed by atoms with Crippen molar-refractivity contribution in [3.05, 3.63) is 0 Å². The SMILES string of the molecule is CN1CCCC2(COC2)C1. The van der Waals surface area contributed by atoms with Crippen LogP contribution in [0, 0.1) is 5.41 Å². The molecule has 2 heteroatoms. The fourth-order valence-corrected chi connectivity index (χ4v) is 2.08. The average Bonchev–Trinajstić information content (AvgIpc) is 1.85. The zero-order valence-corrected chi connectivity index (χ0v) is 6.60. The van der Waals surface area contributed by atoms with E-state index < -0.39 is 0 Å². The van der Waals surface area contributed by atoms with Crippen LogP contribution in [0.15, 0.2) is 0 Å². The van der Waals surface area contributed by atoms with Gasteiger partial charge in [-0.05, 0) is 26.4 Å². The van der Waals surface area contributed by atoms with Gasteiger partial charge in [-0.25, -0.2) is 0 Å². The molecular formula is C8H15NO. The van der Waals surface area contributed by atoms with Crippen molar-refractivity contribution in [1.82, 2.24) is 4.90 Å². The molecule has 0 bridgehead atoms. The van der Waals surface area contributed by atoms with Gasteiger partial charge < -0.3 is 9.64 Å². The molecule has 2 nitrogen and oxygen atoms in total. The van der Waals surface area contributed by atoms with Gasteiger partial charge in [0.15, 0.2) is 0 Å². The van der Waals surface area contributed by atoms with Crippen molar-refractivity contribution in [1.29, 1.82) is 0 Å². The van der Waals surface area contributed by atoms with Crippen molar-refractivity contribution in [3.8, 4) is 0 Å². The molecule has 0 aromatic heterocycles. The van der Waals surface area contributed by atoms with Crippen LogP contribution >= 0.6 is 0 Å². The first-order chi connectivity index (χ1) is 4.81. The van der Waals surface area contributed by atoms with E-state index in [2.05, 4.69) is 11.9 Å². The molecule has 0 aliphatic carbocycles. The first-order valence-electron chi connectivity index (χ1n) is 4.07. The van der Waals surface area contributed by atoms with Gasteiger partial charge in [0.2, 0.25) is 0 Å².